The van der Waals surface area contributed by atoms with Crippen molar-refractivity contribution >= 4 is 18.3 Å². The summed E-state index contributed by atoms with van der Waals surface area (Å²) in [5.41, 5.74) is 1.88. The minimum absolute atomic E-state index is 0. The van der Waals surface area contributed by atoms with E-state index in [1.165, 1.54) is 24.8 Å². The minimum Gasteiger partial charge on any atom is -0.435 e. The smallest absolute Gasteiger partial charge is 0.387 e. The number of likely N-dealkylation sites (tertiary alicyclic amines) is 1. The first-order chi connectivity index (χ1) is 13.1. The van der Waals surface area contributed by atoms with Crippen LogP contribution in [0.1, 0.15) is 29.6 Å². The summed E-state index contributed by atoms with van der Waals surface area (Å²) in [6, 6.07) is 6.27. The summed E-state index contributed by atoms with van der Waals surface area (Å²) in [5, 5.41) is 10.2. The molecule has 152 valence electrons. The molecule has 3 heterocycles. The number of halogens is 3. The Morgan fingerprint density at radius 2 is 2.04 bits per heavy atom. The van der Waals surface area contributed by atoms with E-state index < -0.39 is 6.61 Å². The zero-order valence-corrected chi connectivity index (χ0v) is 16.1. The molecule has 1 aromatic carbocycles. The van der Waals surface area contributed by atoms with E-state index in [0.717, 1.165) is 39.0 Å². The monoisotopic (exact) mass is 412 g/mol. The second kappa shape index (κ2) is 8.45. The van der Waals surface area contributed by atoms with Crippen molar-refractivity contribution in [1.29, 1.82) is 0 Å². The maximum absolute atomic E-state index is 13.0. The molecule has 2 aliphatic rings. The van der Waals surface area contributed by atoms with Gasteiger partial charge in [0.1, 0.15) is 5.75 Å². The third kappa shape index (κ3) is 4.12. The highest BCUT2D eigenvalue weighted by Crippen LogP contribution is 2.37. The summed E-state index contributed by atoms with van der Waals surface area (Å²) >= 11 is 0. The van der Waals surface area contributed by atoms with Gasteiger partial charge < -0.3 is 15.0 Å². The Kier molecular flexibility index (Phi) is 6.20. The lowest BCUT2D eigenvalue weighted by atomic mass is 9.78. The van der Waals surface area contributed by atoms with Gasteiger partial charge in [0.25, 0.3) is 5.91 Å². The Balaban J connectivity index is 0.00000225. The molecule has 2 aromatic rings. The van der Waals surface area contributed by atoms with Crippen LogP contribution >= 0.6 is 12.4 Å². The van der Waals surface area contributed by atoms with Gasteiger partial charge in [-0.1, -0.05) is 12.1 Å². The summed E-state index contributed by atoms with van der Waals surface area (Å²) in [5.74, 6) is -0.0381. The van der Waals surface area contributed by atoms with Gasteiger partial charge in [-0.2, -0.15) is 13.9 Å². The van der Waals surface area contributed by atoms with Gasteiger partial charge in [-0.3, -0.25) is 9.89 Å². The molecule has 2 N–H and O–H groups in total. The second-order valence-electron chi connectivity index (χ2n) is 7.28. The number of hydrogen-bond donors (Lipinski definition) is 2. The van der Waals surface area contributed by atoms with Gasteiger partial charge in [0, 0.05) is 25.2 Å². The van der Waals surface area contributed by atoms with Gasteiger partial charge in [0.05, 0.1) is 17.5 Å². The van der Waals surface area contributed by atoms with Crippen LogP contribution in [0.5, 0.6) is 5.75 Å². The number of ether oxygens (including phenoxy) is 1. The maximum Gasteiger partial charge on any atom is 0.387 e. The van der Waals surface area contributed by atoms with E-state index in [-0.39, 0.29) is 24.1 Å². The first-order valence-corrected chi connectivity index (χ1v) is 9.15. The molecule has 1 aromatic heterocycles. The number of rotatable bonds is 4. The normalized spacial score (nSPS) is 18.3. The number of H-pyrrole nitrogens is 1. The highest BCUT2D eigenvalue weighted by molar-refractivity contribution is 5.99. The molecule has 0 atom stereocenters. The van der Waals surface area contributed by atoms with Crippen LogP contribution in [-0.4, -0.2) is 53.8 Å². The number of piperidine rings is 1. The minimum atomic E-state index is -2.89. The van der Waals surface area contributed by atoms with Crippen molar-refractivity contribution in [2.45, 2.75) is 25.9 Å². The number of alkyl halides is 2. The first kappa shape index (κ1) is 20.5. The fourth-order valence-electron chi connectivity index (χ4n) is 4.07. The van der Waals surface area contributed by atoms with Crippen molar-refractivity contribution in [3.8, 4) is 17.0 Å². The predicted molar refractivity (Wildman–Crippen MR) is 103 cm³/mol. The Morgan fingerprint density at radius 3 is 2.71 bits per heavy atom. The Morgan fingerprint density at radius 1 is 1.25 bits per heavy atom. The molecule has 6 nitrogen and oxygen atoms in total. The second-order valence-corrected chi connectivity index (χ2v) is 7.28. The molecule has 9 heteroatoms. The van der Waals surface area contributed by atoms with Crippen molar-refractivity contribution < 1.29 is 18.3 Å². The molecule has 0 bridgehead atoms. The van der Waals surface area contributed by atoms with E-state index in [9.17, 15) is 13.6 Å². The largest absolute Gasteiger partial charge is 0.435 e. The van der Waals surface area contributed by atoms with Crippen molar-refractivity contribution in [2.24, 2.45) is 5.41 Å². The van der Waals surface area contributed by atoms with Crippen LogP contribution in [0.2, 0.25) is 0 Å². The highest BCUT2D eigenvalue weighted by atomic mass is 35.5. The van der Waals surface area contributed by atoms with E-state index in [1.54, 1.807) is 12.1 Å². The van der Waals surface area contributed by atoms with E-state index in [2.05, 4.69) is 20.3 Å². The number of amides is 1. The van der Waals surface area contributed by atoms with E-state index in [1.807, 2.05) is 4.90 Å². The van der Waals surface area contributed by atoms with Crippen LogP contribution in [0.4, 0.5) is 8.78 Å². The molecule has 2 saturated heterocycles. The van der Waals surface area contributed by atoms with Crippen LogP contribution in [0.3, 0.4) is 0 Å². The number of aromatic nitrogens is 2. The van der Waals surface area contributed by atoms with Gasteiger partial charge in [0.2, 0.25) is 0 Å². The quantitative estimate of drug-likeness (QED) is 0.808. The van der Waals surface area contributed by atoms with Gasteiger partial charge in [-0.05, 0) is 43.4 Å². The van der Waals surface area contributed by atoms with Crippen LogP contribution in [-0.2, 0) is 0 Å². The standard InChI is InChI=1S/C19H22F2N4O2.ClH/c20-18(21)27-14-3-1-2-13(10-14)16-15(11-23-24-16)17(26)25-8-5-19(6-9-25)4-7-22-12-19;/h1-3,10-11,18,22H,4-9,12H2,(H,23,24);1H. The topological polar surface area (TPSA) is 70.2 Å². The highest BCUT2D eigenvalue weighted by Gasteiger charge is 2.38. The third-order valence-corrected chi connectivity index (χ3v) is 5.66. The Bertz CT molecular complexity index is 814. The average Bonchev–Trinajstić information content (AvgIpc) is 3.31. The molecule has 0 unspecified atom stereocenters. The molecule has 4 rings (SSSR count). The van der Waals surface area contributed by atoms with E-state index in [0.29, 0.717) is 22.2 Å². The molecule has 1 amide bonds. The van der Waals surface area contributed by atoms with Gasteiger partial charge in [-0.25, -0.2) is 0 Å². The zero-order valence-electron chi connectivity index (χ0n) is 15.3. The summed E-state index contributed by atoms with van der Waals surface area (Å²) < 4.78 is 29.4. The number of aromatic amines is 1. The molecule has 0 aliphatic carbocycles. The van der Waals surface area contributed by atoms with Crippen molar-refractivity contribution in [3.63, 3.8) is 0 Å². The van der Waals surface area contributed by atoms with Crippen molar-refractivity contribution in [2.75, 3.05) is 26.2 Å². The first-order valence-electron chi connectivity index (χ1n) is 9.15. The van der Waals surface area contributed by atoms with E-state index >= 15 is 0 Å². The van der Waals surface area contributed by atoms with Gasteiger partial charge in [-0.15, -0.1) is 12.4 Å². The third-order valence-electron chi connectivity index (χ3n) is 5.66. The SMILES string of the molecule is Cl.O=C(c1cn[nH]c1-c1cccc(OC(F)F)c1)N1CCC2(CCNC2)CC1. The summed E-state index contributed by atoms with van der Waals surface area (Å²) in [4.78, 5) is 14.9. The predicted octanol–water partition coefficient (Wildman–Crippen LogP) is 3.32. The van der Waals surface area contributed by atoms with Gasteiger partial charge >= 0.3 is 6.61 Å². The summed E-state index contributed by atoms with van der Waals surface area (Å²) in [6.45, 7) is 0.632. The van der Waals surface area contributed by atoms with Gasteiger partial charge in [0.15, 0.2) is 0 Å². The lowest BCUT2D eigenvalue weighted by Gasteiger charge is -2.38. The number of hydrogen-bond acceptors (Lipinski definition) is 4. The molecule has 28 heavy (non-hydrogen) atoms. The molecule has 2 fully saturated rings. The number of benzene rings is 1. The number of nitrogens with one attached hydrogen (secondary N) is 2. The van der Waals surface area contributed by atoms with Crippen LogP contribution in [0, 0.1) is 5.41 Å². The van der Waals surface area contributed by atoms with Crippen molar-refractivity contribution in [3.05, 3.63) is 36.0 Å². The molecule has 1 spiro atoms. The number of carbonyl (C=O) groups excluding carboxylic acids is 1. The molecule has 0 saturated carbocycles. The van der Waals surface area contributed by atoms with Crippen LogP contribution in [0.15, 0.2) is 30.5 Å². The molecular weight excluding hydrogens is 390 g/mol. The Labute approximate surface area is 168 Å². The molecular formula is C19H23ClF2N4O2. The van der Waals surface area contributed by atoms with E-state index in [4.69, 9.17) is 0 Å². The molecule has 0 radical (unpaired) electrons. The lowest BCUT2D eigenvalue weighted by molar-refractivity contribution is -0.0498. The fourth-order valence-corrected chi connectivity index (χ4v) is 4.07. The lowest BCUT2D eigenvalue weighted by Crippen LogP contribution is -2.44. The number of nitrogens with zero attached hydrogens (tertiary/aromatic N) is 2. The van der Waals surface area contributed by atoms with Crippen LogP contribution < -0.4 is 10.1 Å². The molecule has 2 aliphatic heterocycles. The maximum atomic E-state index is 13.0. The fraction of sp³-hybridized carbons (Fsp3) is 0.474. The Hall–Kier alpha value is -2.19. The summed E-state index contributed by atoms with van der Waals surface area (Å²) in [7, 11) is 0. The zero-order chi connectivity index (χ0) is 18.9. The summed E-state index contributed by atoms with van der Waals surface area (Å²) in [6.07, 6.45) is 4.66. The van der Waals surface area contributed by atoms with Crippen LogP contribution in [0.25, 0.3) is 11.3 Å². The van der Waals surface area contributed by atoms with Crippen molar-refractivity contribution in [1.82, 2.24) is 20.4 Å². The average molecular weight is 413 g/mol. The number of carbonyl (C=O) groups is 1.